The topological polar surface area (TPSA) is 48.5 Å². The number of rotatable bonds is 4. The summed E-state index contributed by atoms with van der Waals surface area (Å²) in [5, 5.41) is 0. The number of aromatic nitrogens is 5. The maximum Gasteiger partial charge on any atom is 0.159 e. The van der Waals surface area contributed by atoms with Gasteiger partial charge in [0.05, 0.1) is 22.1 Å². The van der Waals surface area contributed by atoms with Crippen molar-refractivity contribution in [2.24, 2.45) is 0 Å². The number of halogens is 3. The molecular weight excluding hydrogens is 504 g/mol. The van der Waals surface area contributed by atoms with E-state index in [1.54, 1.807) is 0 Å². The van der Waals surface area contributed by atoms with Gasteiger partial charge in [0.1, 0.15) is 11.4 Å². The Morgan fingerprint density at radius 3 is 1.38 bits per heavy atom. The molecule has 5 rings (SSSR count). The third-order valence-corrected chi connectivity index (χ3v) is 5.15. The van der Waals surface area contributed by atoms with E-state index in [1.807, 2.05) is 54.6 Å². The first-order valence-electron chi connectivity index (χ1n) is 9.68. The van der Waals surface area contributed by atoms with Crippen LogP contribution in [0.4, 0.5) is 0 Å². The molecule has 3 aromatic heterocycles. The van der Waals surface area contributed by atoms with Gasteiger partial charge in [0.2, 0.25) is 0 Å². The Kier molecular flexibility index (Phi) is 10.3. The summed E-state index contributed by atoms with van der Waals surface area (Å²) in [6, 6.07) is 22.5. The molecule has 0 bridgehead atoms. The van der Waals surface area contributed by atoms with Crippen LogP contribution in [0.3, 0.4) is 0 Å². The summed E-state index contributed by atoms with van der Waals surface area (Å²) in [7, 11) is 0. The van der Waals surface area contributed by atoms with Crippen LogP contribution in [0.15, 0.2) is 66.7 Å². The van der Waals surface area contributed by atoms with E-state index in [2.05, 4.69) is 35.1 Å². The zero-order valence-corrected chi connectivity index (χ0v) is 21.2. The third kappa shape index (κ3) is 4.68. The van der Waals surface area contributed by atoms with E-state index >= 15 is 0 Å². The molecule has 0 atom stereocenters. The molecule has 3 heterocycles. The van der Waals surface area contributed by atoms with E-state index in [1.165, 1.54) is 0 Å². The van der Waals surface area contributed by atoms with Crippen molar-refractivity contribution in [1.29, 1.82) is 0 Å². The smallest absolute Gasteiger partial charge is 0.159 e. The zero-order valence-electron chi connectivity index (χ0n) is 17.6. The first kappa shape index (κ1) is 28.0. The van der Waals surface area contributed by atoms with Gasteiger partial charge in [-0.05, 0) is 50.2 Å². The molecule has 0 spiro atoms. The van der Waals surface area contributed by atoms with Gasteiger partial charge in [0, 0.05) is 31.6 Å². The number of imidazole rings is 2. The van der Waals surface area contributed by atoms with Crippen LogP contribution in [0.2, 0.25) is 0 Å². The molecule has 0 saturated heterocycles. The fraction of sp³-hybridized carbons (Fsp3) is 0.174. The predicted octanol–water partition coefficient (Wildman–Crippen LogP) is -3.84. The summed E-state index contributed by atoms with van der Waals surface area (Å²) < 4.78 is 4.43. The summed E-state index contributed by atoms with van der Waals surface area (Å²) in [6.07, 6.45) is 0. The number of para-hydroxylation sites is 4. The van der Waals surface area contributed by atoms with Crippen molar-refractivity contribution in [1.82, 2.24) is 24.1 Å². The van der Waals surface area contributed by atoms with Crippen LogP contribution in [0.25, 0.3) is 45.1 Å². The fourth-order valence-electron chi connectivity index (χ4n) is 3.87. The first-order chi connectivity index (χ1) is 13.8. The SMILES string of the molecule is CCn1c(-c2cccc(-c3nc4ccccc4n3CC)n2)nc2ccccc21.[Cl-].[Cl-].[Cl-].[V]. The Morgan fingerprint density at radius 1 is 0.562 bits per heavy atom. The van der Waals surface area contributed by atoms with Crippen LogP contribution in [0.1, 0.15) is 13.8 Å². The van der Waals surface area contributed by atoms with E-state index in [9.17, 15) is 0 Å². The molecule has 0 amide bonds. The normalized spacial score (nSPS) is 10.1. The minimum absolute atomic E-state index is 0. The molecule has 1 radical (unpaired) electrons. The minimum Gasteiger partial charge on any atom is -1.00 e. The summed E-state index contributed by atoms with van der Waals surface area (Å²) in [5.41, 5.74) is 5.98. The Bertz CT molecular complexity index is 1220. The number of fused-ring (bicyclic) bond motifs is 2. The van der Waals surface area contributed by atoms with Crippen molar-refractivity contribution < 1.29 is 55.8 Å². The van der Waals surface area contributed by atoms with E-state index in [4.69, 9.17) is 15.0 Å². The maximum atomic E-state index is 4.95. The number of aryl methyl sites for hydroxylation is 2. The predicted molar refractivity (Wildman–Crippen MR) is 113 cm³/mol. The molecule has 5 aromatic rings. The largest absolute Gasteiger partial charge is 1.00 e. The van der Waals surface area contributed by atoms with Gasteiger partial charge in [-0.25, -0.2) is 15.0 Å². The van der Waals surface area contributed by atoms with Crippen LogP contribution < -0.4 is 37.2 Å². The van der Waals surface area contributed by atoms with Gasteiger partial charge in [-0.15, -0.1) is 0 Å². The van der Waals surface area contributed by atoms with Gasteiger partial charge < -0.3 is 46.4 Å². The molecule has 167 valence electrons. The van der Waals surface area contributed by atoms with Crippen molar-refractivity contribution in [3.8, 4) is 23.0 Å². The number of hydrogen-bond acceptors (Lipinski definition) is 3. The Morgan fingerprint density at radius 2 is 0.969 bits per heavy atom. The molecule has 0 N–H and O–H groups in total. The van der Waals surface area contributed by atoms with E-state index < -0.39 is 0 Å². The maximum absolute atomic E-state index is 4.95. The molecule has 0 aliphatic heterocycles. The fourth-order valence-corrected chi connectivity index (χ4v) is 3.87. The minimum atomic E-state index is 0. The molecule has 0 fully saturated rings. The molecule has 0 aliphatic rings. The molecule has 32 heavy (non-hydrogen) atoms. The monoisotopic (exact) mass is 523 g/mol. The summed E-state index contributed by atoms with van der Waals surface area (Å²) in [4.78, 5) is 14.6. The second-order valence-electron chi connectivity index (χ2n) is 6.74. The standard InChI is InChI=1S/C23H21N5.3ClH.V/c1-3-27-20-14-7-5-10-16(20)25-22(27)18-12-9-13-19(24-18)23-26-17-11-6-8-15-21(17)28(23)4-2;;;;/h5-15H,3-4H2,1-2H3;3*1H;/p-3. The van der Waals surface area contributed by atoms with Crippen LogP contribution in [0.5, 0.6) is 0 Å². The zero-order chi connectivity index (χ0) is 19.1. The summed E-state index contributed by atoms with van der Waals surface area (Å²) >= 11 is 0. The molecule has 2 aromatic carbocycles. The number of pyridine rings is 1. The van der Waals surface area contributed by atoms with Gasteiger partial charge >= 0.3 is 0 Å². The van der Waals surface area contributed by atoms with Crippen molar-refractivity contribution in [2.45, 2.75) is 26.9 Å². The molecular formula is C23H21Cl3N5V-3. The molecule has 5 nitrogen and oxygen atoms in total. The van der Waals surface area contributed by atoms with Crippen LogP contribution >= 0.6 is 0 Å². The Labute approximate surface area is 217 Å². The first-order valence-corrected chi connectivity index (χ1v) is 9.68. The molecule has 0 unspecified atom stereocenters. The quantitative estimate of drug-likeness (QED) is 0.242. The number of hydrogen-bond donors (Lipinski definition) is 0. The van der Waals surface area contributed by atoms with Crippen LogP contribution in [-0.4, -0.2) is 24.1 Å². The second kappa shape index (κ2) is 11.7. The van der Waals surface area contributed by atoms with E-state index in [-0.39, 0.29) is 55.8 Å². The average Bonchev–Trinajstić information content (AvgIpc) is 3.32. The van der Waals surface area contributed by atoms with Crippen LogP contribution in [0, 0.1) is 0 Å². The number of nitrogens with zero attached hydrogens (tertiary/aromatic N) is 5. The molecule has 0 aliphatic carbocycles. The third-order valence-electron chi connectivity index (χ3n) is 5.15. The van der Waals surface area contributed by atoms with Crippen molar-refractivity contribution in [3.63, 3.8) is 0 Å². The average molecular weight is 525 g/mol. The van der Waals surface area contributed by atoms with Gasteiger partial charge in [-0.3, -0.25) is 0 Å². The van der Waals surface area contributed by atoms with Crippen molar-refractivity contribution in [2.75, 3.05) is 0 Å². The molecule has 0 saturated carbocycles. The van der Waals surface area contributed by atoms with E-state index in [0.717, 1.165) is 58.2 Å². The van der Waals surface area contributed by atoms with Crippen molar-refractivity contribution >= 4 is 22.1 Å². The second-order valence-corrected chi connectivity index (χ2v) is 6.74. The van der Waals surface area contributed by atoms with Gasteiger partial charge in [-0.1, -0.05) is 30.3 Å². The van der Waals surface area contributed by atoms with Gasteiger partial charge in [-0.2, -0.15) is 0 Å². The number of benzene rings is 2. The van der Waals surface area contributed by atoms with Crippen LogP contribution in [-0.2, 0) is 31.6 Å². The van der Waals surface area contributed by atoms with E-state index in [0.29, 0.717) is 0 Å². The van der Waals surface area contributed by atoms with Gasteiger partial charge in [0.15, 0.2) is 11.6 Å². The molecule has 9 heteroatoms. The summed E-state index contributed by atoms with van der Waals surface area (Å²) in [5.74, 6) is 1.79. The van der Waals surface area contributed by atoms with Gasteiger partial charge in [0.25, 0.3) is 0 Å². The van der Waals surface area contributed by atoms with Crippen molar-refractivity contribution in [3.05, 3.63) is 66.7 Å². The summed E-state index contributed by atoms with van der Waals surface area (Å²) in [6.45, 7) is 5.96. The Hall–Kier alpha value is -2.02. The Balaban J connectivity index is 0.00000128.